The van der Waals surface area contributed by atoms with Crippen molar-refractivity contribution in [2.24, 2.45) is 5.92 Å². The number of nitrogens with one attached hydrogen (secondary N) is 3. The van der Waals surface area contributed by atoms with Crippen LogP contribution in [0.5, 0.6) is 0 Å². The summed E-state index contributed by atoms with van der Waals surface area (Å²) in [6.45, 7) is 2.84. The van der Waals surface area contributed by atoms with Gasteiger partial charge in [-0.2, -0.15) is 0 Å². The minimum Gasteiger partial charge on any atom is -0.354 e. The van der Waals surface area contributed by atoms with Crippen molar-refractivity contribution in [3.63, 3.8) is 0 Å². The third-order valence-electron chi connectivity index (χ3n) is 3.85. The predicted molar refractivity (Wildman–Crippen MR) is 92.7 cm³/mol. The Hall–Kier alpha value is -2.37. The fourth-order valence-electron chi connectivity index (χ4n) is 2.20. The second kappa shape index (κ2) is 9.05. The van der Waals surface area contributed by atoms with Crippen molar-refractivity contribution >= 4 is 23.4 Å². The Labute approximate surface area is 142 Å². The molecule has 1 saturated carbocycles. The van der Waals surface area contributed by atoms with Crippen molar-refractivity contribution in [1.29, 1.82) is 0 Å². The third-order valence-corrected chi connectivity index (χ3v) is 3.85. The van der Waals surface area contributed by atoms with E-state index in [4.69, 9.17) is 0 Å². The first kappa shape index (κ1) is 18.0. The molecule has 0 atom stereocenters. The highest BCUT2D eigenvalue weighted by molar-refractivity contribution is 5.96. The molecule has 0 bridgehead atoms. The van der Waals surface area contributed by atoms with Crippen molar-refractivity contribution in [2.75, 3.05) is 18.4 Å². The fraction of sp³-hybridized carbons (Fsp3) is 0.500. The molecule has 24 heavy (non-hydrogen) atoms. The number of carbonyl (C=O) groups is 3. The number of amides is 3. The van der Waals surface area contributed by atoms with Crippen LogP contribution in [0.4, 0.5) is 5.69 Å². The molecule has 2 rings (SSSR count). The first-order chi connectivity index (χ1) is 11.6. The molecule has 1 aliphatic carbocycles. The lowest BCUT2D eigenvalue weighted by molar-refractivity contribution is -0.121. The molecule has 0 saturated heterocycles. The highest BCUT2D eigenvalue weighted by atomic mass is 16.2. The number of rotatable bonds is 9. The lowest BCUT2D eigenvalue weighted by Gasteiger charge is -2.08. The SMILES string of the molecule is CCCCC(=O)NCCNC(=O)c1ccc(NC(=O)C2CC2)cc1. The van der Waals surface area contributed by atoms with Gasteiger partial charge >= 0.3 is 0 Å². The fourth-order valence-corrected chi connectivity index (χ4v) is 2.20. The number of anilines is 1. The molecular formula is C18H25N3O3. The van der Waals surface area contributed by atoms with Crippen LogP contribution >= 0.6 is 0 Å². The number of benzene rings is 1. The second-order valence-corrected chi connectivity index (χ2v) is 6.05. The van der Waals surface area contributed by atoms with E-state index in [0.29, 0.717) is 30.8 Å². The maximum atomic E-state index is 12.0. The van der Waals surface area contributed by atoms with Gasteiger partial charge in [0, 0.05) is 36.7 Å². The highest BCUT2D eigenvalue weighted by Gasteiger charge is 2.29. The van der Waals surface area contributed by atoms with Gasteiger partial charge in [0.05, 0.1) is 0 Å². The van der Waals surface area contributed by atoms with E-state index in [1.54, 1.807) is 24.3 Å². The van der Waals surface area contributed by atoms with E-state index in [-0.39, 0.29) is 23.6 Å². The Morgan fingerprint density at radius 2 is 1.71 bits per heavy atom. The molecule has 0 heterocycles. The van der Waals surface area contributed by atoms with Crippen LogP contribution < -0.4 is 16.0 Å². The zero-order valence-electron chi connectivity index (χ0n) is 14.1. The molecule has 0 spiro atoms. The van der Waals surface area contributed by atoms with E-state index >= 15 is 0 Å². The van der Waals surface area contributed by atoms with Crippen molar-refractivity contribution in [1.82, 2.24) is 10.6 Å². The number of carbonyl (C=O) groups excluding carboxylic acids is 3. The summed E-state index contributed by atoms with van der Waals surface area (Å²) >= 11 is 0. The molecule has 6 heteroatoms. The molecule has 1 aromatic rings. The van der Waals surface area contributed by atoms with Crippen LogP contribution in [0, 0.1) is 5.92 Å². The maximum Gasteiger partial charge on any atom is 0.251 e. The molecule has 3 N–H and O–H groups in total. The summed E-state index contributed by atoms with van der Waals surface area (Å²) in [5, 5.41) is 8.36. The van der Waals surface area contributed by atoms with Gasteiger partial charge in [0.2, 0.25) is 11.8 Å². The maximum absolute atomic E-state index is 12.0. The van der Waals surface area contributed by atoms with E-state index in [0.717, 1.165) is 25.7 Å². The van der Waals surface area contributed by atoms with Crippen LogP contribution in [0.15, 0.2) is 24.3 Å². The largest absolute Gasteiger partial charge is 0.354 e. The smallest absolute Gasteiger partial charge is 0.251 e. The van der Waals surface area contributed by atoms with Gasteiger partial charge < -0.3 is 16.0 Å². The predicted octanol–water partition coefficient (Wildman–Crippen LogP) is 2.07. The highest BCUT2D eigenvalue weighted by Crippen LogP contribution is 2.30. The molecular weight excluding hydrogens is 306 g/mol. The van der Waals surface area contributed by atoms with Crippen molar-refractivity contribution in [3.05, 3.63) is 29.8 Å². The summed E-state index contributed by atoms with van der Waals surface area (Å²) in [5.74, 6) is 0.0197. The van der Waals surface area contributed by atoms with E-state index in [1.165, 1.54) is 0 Å². The van der Waals surface area contributed by atoms with Gasteiger partial charge in [-0.15, -0.1) is 0 Å². The monoisotopic (exact) mass is 331 g/mol. The summed E-state index contributed by atoms with van der Waals surface area (Å²) in [5.41, 5.74) is 1.23. The Morgan fingerprint density at radius 3 is 2.33 bits per heavy atom. The molecule has 0 aromatic heterocycles. The van der Waals surface area contributed by atoms with E-state index in [2.05, 4.69) is 16.0 Å². The van der Waals surface area contributed by atoms with Gasteiger partial charge in [-0.05, 0) is 43.5 Å². The van der Waals surface area contributed by atoms with Crippen LogP contribution in [0.25, 0.3) is 0 Å². The molecule has 3 amide bonds. The Balaban J connectivity index is 1.68. The van der Waals surface area contributed by atoms with E-state index < -0.39 is 0 Å². The lowest BCUT2D eigenvalue weighted by atomic mass is 10.2. The molecule has 130 valence electrons. The molecule has 1 fully saturated rings. The Bertz CT molecular complexity index is 580. The Morgan fingerprint density at radius 1 is 1.04 bits per heavy atom. The number of unbranched alkanes of at least 4 members (excludes halogenated alkanes) is 1. The van der Waals surface area contributed by atoms with Crippen molar-refractivity contribution < 1.29 is 14.4 Å². The molecule has 6 nitrogen and oxygen atoms in total. The first-order valence-corrected chi connectivity index (χ1v) is 8.56. The minimum absolute atomic E-state index is 0.0156. The zero-order valence-corrected chi connectivity index (χ0v) is 14.1. The minimum atomic E-state index is -0.196. The van der Waals surface area contributed by atoms with E-state index in [1.807, 2.05) is 6.92 Å². The zero-order chi connectivity index (χ0) is 17.4. The van der Waals surface area contributed by atoms with Crippen molar-refractivity contribution in [2.45, 2.75) is 39.0 Å². The van der Waals surface area contributed by atoms with Gasteiger partial charge in [-0.1, -0.05) is 13.3 Å². The molecule has 0 aliphatic heterocycles. The summed E-state index contributed by atoms with van der Waals surface area (Å²) in [4.78, 5) is 35.1. The summed E-state index contributed by atoms with van der Waals surface area (Å²) in [6.07, 6.45) is 4.31. The quantitative estimate of drug-likeness (QED) is 0.605. The van der Waals surface area contributed by atoms with E-state index in [9.17, 15) is 14.4 Å². The number of hydrogen-bond donors (Lipinski definition) is 3. The lowest BCUT2D eigenvalue weighted by Crippen LogP contribution is -2.34. The summed E-state index contributed by atoms with van der Waals surface area (Å²) in [7, 11) is 0. The van der Waals surface area contributed by atoms with Crippen LogP contribution in [-0.4, -0.2) is 30.8 Å². The molecule has 0 radical (unpaired) electrons. The molecule has 0 unspecified atom stereocenters. The topological polar surface area (TPSA) is 87.3 Å². The van der Waals surface area contributed by atoms with Gasteiger partial charge in [-0.25, -0.2) is 0 Å². The normalized spacial score (nSPS) is 13.2. The average molecular weight is 331 g/mol. The molecule has 1 aromatic carbocycles. The molecule has 1 aliphatic rings. The van der Waals surface area contributed by atoms with Crippen LogP contribution in [0.1, 0.15) is 49.4 Å². The van der Waals surface area contributed by atoms with Gasteiger partial charge in [0.25, 0.3) is 5.91 Å². The third kappa shape index (κ3) is 6.02. The van der Waals surface area contributed by atoms with Crippen LogP contribution in [0.2, 0.25) is 0 Å². The second-order valence-electron chi connectivity index (χ2n) is 6.05. The Kier molecular flexibility index (Phi) is 6.78. The number of hydrogen-bond acceptors (Lipinski definition) is 3. The van der Waals surface area contributed by atoms with Gasteiger partial charge in [0.15, 0.2) is 0 Å². The first-order valence-electron chi connectivity index (χ1n) is 8.56. The van der Waals surface area contributed by atoms with Gasteiger partial charge in [0.1, 0.15) is 0 Å². The van der Waals surface area contributed by atoms with Crippen LogP contribution in [0.3, 0.4) is 0 Å². The summed E-state index contributed by atoms with van der Waals surface area (Å²) < 4.78 is 0. The van der Waals surface area contributed by atoms with Gasteiger partial charge in [-0.3, -0.25) is 14.4 Å². The van der Waals surface area contributed by atoms with Crippen molar-refractivity contribution in [3.8, 4) is 0 Å². The standard InChI is InChI=1S/C18H25N3O3/c1-2-3-4-16(22)19-11-12-20-17(23)13-7-9-15(10-8-13)21-18(24)14-5-6-14/h7-10,14H,2-6,11-12H2,1H3,(H,19,22)(H,20,23)(H,21,24). The van der Waals surface area contributed by atoms with Crippen LogP contribution in [-0.2, 0) is 9.59 Å². The summed E-state index contributed by atoms with van der Waals surface area (Å²) in [6, 6.07) is 6.80. The average Bonchev–Trinajstić information content (AvgIpc) is 3.42.